The molecule has 0 aromatic heterocycles. The zero-order valence-electron chi connectivity index (χ0n) is 9.26. The monoisotopic (exact) mass is 217 g/mol. The Morgan fingerprint density at radius 1 is 1.43 bits per heavy atom. The highest BCUT2D eigenvalue weighted by atomic mass is 32.2. The Morgan fingerprint density at radius 2 is 2.36 bits per heavy atom. The van der Waals surface area contributed by atoms with E-state index in [-0.39, 0.29) is 0 Å². The van der Waals surface area contributed by atoms with Gasteiger partial charge in [0.25, 0.3) is 0 Å². The average Bonchev–Trinajstić information content (AvgIpc) is 2.69. The van der Waals surface area contributed by atoms with Gasteiger partial charge in [0.15, 0.2) is 0 Å². The van der Waals surface area contributed by atoms with Crippen LogP contribution in [0.2, 0.25) is 0 Å². The van der Waals surface area contributed by atoms with E-state index < -0.39 is 0 Å². The summed E-state index contributed by atoms with van der Waals surface area (Å²) in [6, 6.07) is 0. The summed E-state index contributed by atoms with van der Waals surface area (Å²) in [5.41, 5.74) is 0. The van der Waals surface area contributed by atoms with Crippen molar-refractivity contribution in [3.05, 3.63) is 0 Å². The fourth-order valence-corrected chi connectivity index (χ4v) is 2.53. The summed E-state index contributed by atoms with van der Waals surface area (Å²) in [4.78, 5) is 0. The second-order valence-electron chi connectivity index (χ2n) is 3.90. The summed E-state index contributed by atoms with van der Waals surface area (Å²) in [6.07, 6.45) is 3.93. The normalized spacial score (nSPS) is 21.6. The predicted molar refractivity (Wildman–Crippen MR) is 64.0 cm³/mol. The van der Waals surface area contributed by atoms with Gasteiger partial charge in [0.2, 0.25) is 0 Å². The second kappa shape index (κ2) is 8.57. The van der Waals surface area contributed by atoms with Crippen molar-refractivity contribution < 1.29 is 4.74 Å². The van der Waals surface area contributed by atoms with E-state index in [1.807, 2.05) is 0 Å². The van der Waals surface area contributed by atoms with Gasteiger partial charge >= 0.3 is 0 Å². The molecule has 0 bridgehead atoms. The SMILES string of the molecule is CCCCSCCNCC1CCOC1. The Labute approximate surface area is 92.2 Å². The van der Waals surface area contributed by atoms with E-state index in [4.69, 9.17) is 4.74 Å². The first-order chi connectivity index (χ1) is 6.93. The van der Waals surface area contributed by atoms with Crippen molar-refractivity contribution in [3.8, 4) is 0 Å². The fraction of sp³-hybridized carbons (Fsp3) is 1.00. The number of ether oxygens (including phenoxy) is 1. The van der Waals surface area contributed by atoms with Crippen LogP contribution in [0, 0.1) is 5.92 Å². The van der Waals surface area contributed by atoms with Crippen molar-refractivity contribution >= 4 is 11.8 Å². The van der Waals surface area contributed by atoms with Crippen LogP contribution >= 0.6 is 11.8 Å². The molecular weight excluding hydrogens is 194 g/mol. The quantitative estimate of drug-likeness (QED) is 0.630. The number of nitrogens with one attached hydrogen (secondary N) is 1. The third-order valence-electron chi connectivity index (χ3n) is 2.52. The standard InChI is InChI=1S/C11H23NOS/c1-2-3-7-14-8-5-12-9-11-4-6-13-10-11/h11-12H,2-10H2,1H3. The molecule has 1 atom stereocenters. The Balaban J connectivity index is 1.75. The van der Waals surface area contributed by atoms with Crippen molar-refractivity contribution in [2.24, 2.45) is 5.92 Å². The van der Waals surface area contributed by atoms with Crippen LogP contribution in [0.15, 0.2) is 0 Å². The fourth-order valence-electron chi connectivity index (χ4n) is 1.54. The Morgan fingerprint density at radius 3 is 3.07 bits per heavy atom. The average molecular weight is 217 g/mol. The van der Waals surface area contributed by atoms with Crippen LogP contribution in [-0.4, -0.2) is 37.8 Å². The molecule has 84 valence electrons. The van der Waals surface area contributed by atoms with E-state index in [1.165, 1.54) is 30.8 Å². The lowest BCUT2D eigenvalue weighted by Crippen LogP contribution is -2.25. The lowest BCUT2D eigenvalue weighted by atomic mass is 10.1. The summed E-state index contributed by atoms with van der Waals surface area (Å²) < 4.78 is 5.32. The van der Waals surface area contributed by atoms with E-state index in [9.17, 15) is 0 Å². The van der Waals surface area contributed by atoms with Crippen molar-refractivity contribution in [2.75, 3.05) is 37.8 Å². The summed E-state index contributed by atoms with van der Waals surface area (Å²) in [5.74, 6) is 3.36. The van der Waals surface area contributed by atoms with E-state index >= 15 is 0 Å². The molecule has 0 saturated carbocycles. The van der Waals surface area contributed by atoms with Gasteiger partial charge in [0, 0.05) is 25.4 Å². The minimum atomic E-state index is 0.774. The van der Waals surface area contributed by atoms with Gasteiger partial charge in [0.1, 0.15) is 0 Å². The summed E-state index contributed by atoms with van der Waals surface area (Å²) >= 11 is 2.07. The van der Waals surface area contributed by atoms with E-state index in [0.29, 0.717) is 0 Å². The lowest BCUT2D eigenvalue weighted by Gasteiger charge is -2.08. The molecule has 0 aromatic rings. The molecular formula is C11H23NOS. The number of rotatable bonds is 8. The van der Waals surface area contributed by atoms with Crippen LogP contribution in [0.1, 0.15) is 26.2 Å². The first-order valence-electron chi connectivity index (χ1n) is 5.79. The third kappa shape index (κ3) is 5.89. The zero-order valence-corrected chi connectivity index (χ0v) is 10.1. The number of unbranched alkanes of at least 4 members (excludes halogenated alkanes) is 1. The van der Waals surface area contributed by atoms with Crippen molar-refractivity contribution in [2.45, 2.75) is 26.2 Å². The van der Waals surface area contributed by atoms with E-state index in [2.05, 4.69) is 24.0 Å². The lowest BCUT2D eigenvalue weighted by molar-refractivity contribution is 0.185. The molecule has 0 aliphatic carbocycles. The highest BCUT2D eigenvalue weighted by Gasteiger charge is 2.14. The van der Waals surface area contributed by atoms with Crippen LogP contribution in [-0.2, 0) is 4.74 Å². The molecule has 1 aliphatic rings. The maximum Gasteiger partial charge on any atom is 0.0507 e. The molecule has 3 heteroatoms. The van der Waals surface area contributed by atoms with E-state index in [1.54, 1.807) is 0 Å². The number of hydrogen-bond acceptors (Lipinski definition) is 3. The molecule has 1 rings (SSSR count). The maximum atomic E-state index is 5.32. The first-order valence-corrected chi connectivity index (χ1v) is 6.95. The molecule has 1 unspecified atom stereocenters. The smallest absolute Gasteiger partial charge is 0.0507 e. The molecule has 2 nitrogen and oxygen atoms in total. The van der Waals surface area contributed by atoms with Gasteiger partial charge in [-0.3, -0.25) is 0 Å². The van der Waals surface area contributed by atoms with Crippen LogP contribution in [0.3, 0.4) is 0 Å². The zero-order chi connectivity index (χ0) is 10.1. The van der Waals surface area contributed by atoms with Crippen LogP contribution in [0.5, 0.6) is 0 Å². The topological polar surface area (TPSA) is 21.3 Å². The van der Waals surface area contributed by atoms with Gasteiger partial charge in [-0.25, -0.2) is 0 Å². The van der Waals surface area contributed by atoms with Gasteiger partial charge < -0.3 is 10.1 Å². The highest BCUT2D eigenvalue weighted by molar-refractivity contribution is 7.99. The molecule has 0 spiro atoms. The first kappa shape index (κ1) is 12.3. The molecule has 0 radical (unpaired) electrons. The largest absolute Gasteiger partial charge is 0.381 e. The van der Waals surface area contributed by atoms with Crippen LogP contribution < -0.4 is 5.32 Å². The van der Waals surface area contributed by atoms with Crippen molar-refractivity contribution in [1.82, 2.24) is 5.32 Å². The second-order valence-corrected chi connectivity index (χ2v) is 5.12. The number of hydrogen-bond donors (Lipinski definition) is 1. The van der Waals surface area contributed by atoms with Crippen molar-refractivity contribution in [1.29, 1.82) is 0 Å². The number of thioether (sulfide) groups is 1. The molecule has 1 aliphatic heterocycles. The van der Waals surface area contributed by atoms with Crippen molar-refractivity contribution in [3.63, 3.8) is 0 Å². The molecule has 0 amide bonds. The van der Waals surface area contributed by atoms with Gasteiger partial charge in [-0.05, 0) is 24.5 Å². The van der Waals surface area contributed by atoms with Gasteiger partial charge in [-0.1, -0.05) is 13.3 Å². The highest BCUT2D eigenvalue weighted by Crippen LogP contribution is 2.10. The van der Waals surface area contributed by atoms with Gasteiger partial charge in [0.05, 0.1) is 6.61 Å². The van der Waals surface area contributed by atoms with E-state index in [0.717, 1.165) is 32.2 Å². The predicted octanol–water partition coefficient (Wildman–Crippen LogP) is 2.15. The van der Waals surface area contributed by atoms with Gasteiger partial charge in [-0.2, -0.15) is 11.8 Å². The Hall–Kier alpha value is 0.270. The summed E-state index contributed by atoms with van der Waals surface area (Å²) in [7, 11) is 0. The molecule has 1 saturated heterocycles. The minimum Gasteiger partial charge on any atom is -0.381 e. The molecule has 1 N–H and O–H groups in total. The minimum absolute atomic E-state index is 0.774. The molecule has 1 heterocycles. The van der Waals surface area contributed by atoms with Crippen LogP contribution in [0.25, 0.3) is 0 Å². The van der Waals surface area contributed by atoms with Crippen LogP contribution in [0.4, 0.5) is 0 Å². The Kier molecular flexibility index (Phi) is 7.55. The summed E-state index contributed by atoms with van der Waals surface area (Å²) in [5, 5.41) is 3.50. The molecule has 14 heavy (non-hydrogen) atoms. The third-order valence-corrected chi connectivity index (χ3v) is 3.59. The maximum absolute atomic E-state index is 5.32. The Bertz CT molecular complexity index is 126. The van der Waals surface area contributed by atoms with Gasteiger partial charge in [-0.15, -0.1) is 0 Å². The molecule has 0 aromatic carbocycles. The summed E-state index contributed by atoms with van der Waals surface area (Å²) in [6.45, 7) is 6.49. The molecule has 1 fully saturated rings.